The van der Waals surface area contributed by atoms with Crippen LogP contribution < -0.4 is 0 Å². The molecule has 1 saturated carbocycles. The van der Waals surface area contributed by atoms with Gasteiger partial charge in [-0.05, 0) is 36.0 Å². The van der Waals surface area contributed by atoms with Gasteiger partial charge in [-0.1, -0.05) is 26.0 Å². The van der Waals surface area contributed by atoms with Crippen molar-refractivity contribution in [3.63, 3.8) is 0 Å². The number of aromatic amines is 1. The second-order valence-corrected chi connectivity index (χ2v) is 8.64. The van der Waals surface area contributed by atoms with Crippen molar-refractivity contribution in [3.05, 3.63) is 53.6 Å². The smallest absolute Gasteiger partial charge is 0.226 e. The standard InChI is InChI=1S/C22H27N5O/c1-22(2)12-18(22)21(28)27-9-7-26(8-10-27)20(19-14-24-15-25-19)11-16-3-5-17(13-23)6-4-16/h3-6,14-15,18,20H,7-12H2,1-2H3,(H,24,25). The number of rotatable bonds is 5. The minimum Gasteiger partial charge on any atom is -0.347 e. The third kappa shape index (κ3) is 3.81. The molecule has 0 radical (unpaired) electrons. The van der Waals surface area contributed by atoms with Gasteiger partial charge in [-0.15, -0.1) is 0 Å². The highest BCUT2D eigenvalue weighted by molar-refractivity contribution is 5.82. The van der Waals surface area contributed by atoms with E-state index in [2.05, 4.69) is 34.8 Å². The second-order valence-electron chi connectivity index (χ2n) is 8.64. The summed E-state index contributed by atoms with van der Waals surface area (Å²) in [6.07, 6.45) is 5.47. The van der Waals surface area contributed by atoms with Crippen molar-refractivity contribution in [3.8, 4) is 6.07 Å². The summed E-state index contributed by atoms with van der Waals surface area (Å²) in [5.41, 5.74) is 3.14. The third-order valence-electron chi connectivity index (χ3n) is 6.27. The number of nitrogens with zero attached hydrogens (tertiary/aromatic N) is 4. The van der Waals surface area contributed by atoms with Crippen molar-refractivity contribution >= 4 is 5.91 Å². The zero-order chi connectivity index (χ0) is 19.7. The van der Waals surface area contributed by atoms with Crippen molar-refractivity contribution < 1.29 is 4.79 Å². The first-order chi connectivity index (χ1) is 13.5. The molecule has 2 heterocycles. The normalized spacial score (nSPS) is 22.5. The van der Waals surface area contributed by atoms with Gasteiger partial charge in [-0.3, -0.25) is 9.69 Å². The first kappa shape index (κ1) is 18.7. The molecule has 1 N–H and O–H groups in total. The van der Waals surface area contributed by atoms with Gasteiger partial charge in [-0.2, -0.15) is 5.26 Å². The predicted octanol–water partition coefficient (Wildman–Crippen LogP) is 2.76. The van der Waals surface area contributed by atoms with Crippen LogP contribution in [0.4, 0.5) is 0 Å². The van der Waals surface area contributed by atoms with E-state index in [9.17, 15) is 4.79 Å². The monoisotopic (exact) mass is 377 g/mol. The van der Waals surface area contributed by atoms with E-state index >= 15 is 0 Å². The van der Waals surface area contributed by atoms with Crippen LogP contribution in [-0.4, -0.2) is 51.9 Å². The molecule has 0 bridgehead atoms. The fourth-order valence-electron chi connectivity index (χ4n) is 4.19. The van der Waals surface area contributed by atoms with E-state index in [1.807, 2.05) is 35.4 Å². The van der Waals surface area contributed by atoms with Crippen LogP contribution in [-0.2, 0) is 11.2 Å². The Balaban J connectivity index is 1.43. The van der Waals surface area contributed by atoms with Crippen LogP contribution in [0.5, 0.6) is 0 Å². The van der Waals surface area contributed by atoms with E-state index in [0.29, 0.717) is 11.5 Å². The summed E-state index contributed by atoms with van der Waals surface area (Å²) in [5.74, 6) is 0.538. The molecule has 0 spiro atoms. The van der Waals surface area contributed by atoms with Crippen LogP contribution in [0.15, 0.2) is 36.8 Å². The molecule has 4 rings (SSSR count). The molecule has 2 aliphatic rings. The molecule has 2 atom stereocenters. The Morgan fingerprint density at radius 3 is 2.50 bits per heavy atom. The van der Waals surface area contributed by atoms with Crippen molar-refractivity contribution in [2.45, 2.75) is 32.7 Å². The Hall–Kier alpha value is -2.65. The van der Waals surface area contributed by atoms with Crippen molar-refractivity contribution in [1.82, 2.24) is 19.8 Å². The average molecular weight is 377 g/mol. The third-order valence-corrected chi connectivity index (χ3v) is 6.27. The summed E-state index contributed by atoms with van der Waals surface area (Å²) in [4.78, 5) is 24.7. The number of nitrogens with one attached hydrogen (secondary N) is 1. The molecule has 2 unspecified atom stereocenters. The second kappa shape index (κ2) is 7.40. The van der Waals surface area contributed by atoms with Crippen LogP contribution in [0.3, 0.4) is 0 Å². The number of carbonyl (C=O) groups is 1. The summed E-state index contributed by atoms with van der Waals surface area (Å²) in [5, 5.41) is 9.01. The van der Waals surface area contributed by atoms with Crippen molar-refractivity contribution in [2.24, 2.45) is 11.3 Å². The molecule has 1 aliphatic heterocycles. The van der Waals surface area contributed by atoms with Gasteiger partial charge >= 0.3 is 0 Å². The molecule has 1 aromatic carbocycles. The van der Waals surface area contributed by atoms with Gasteiger partial charge in [0.25, 0.3) is 0 Å². The molecule has 6 heteroatoms. The van der Waals surface area contributed by atoms with E-state index in [-0.39, 0.29) is 17.4 Å². The lowest BCUT2D eigenvalue weighted by Gasteiger charge is -2.39. The molecule has 146 valence electrons. The van der Waals surface area contributed by atoms with E-state index < -0.39 is 0 Å². The first-order valence-electron chi connectivity index (χ1n) is 9.98. The number of aromatic nitrogens is 2. The van der Waals surface area contributed by atoms with E-state index in [1.165, 1.54) is 5.56 Å². The van der Waals surface area contributed by atoms with Crippen LogP contribution in [0.2, 0.25) is 0 Å². The predicted molar refractivity (Wildman–Crippen MR) is 106 cm³/mol. The Morgan fingerprint density at radius 1 is 1.29 bits per heavy atom. The van der Waals surface area contributed by atoms with Gasteiger partial charge in [0, 0.05) is 38.3 Å². The molecule has 2 aromatic rings. The van der Waals surface area contributed by atoms with Crippen LogP contribution >= 0.6 is 0 Å². The molecule has 1 aromatic heterocycles. The average Bonchev–Trinajstić information content (AvgIpc) is 3.09. The van der Waals surface area contributed by atoms with E-state index in [4.69, 9.17) is 5.26 Å². The molecule has 6 nitrogen and oxygen atoms in total. The topological polar surface area (TPSA) is 76.0 Å². The number of hydrogen-bond acceptors (Lipinski definition) is 4. The first-order valence-corrected chi connectivity index (χ1v) is 9.98. The summed E-state index contributed by atoms with van der Waals surface area (Å²) >= 11 is 0. The lowest BCUT2D eigenvalue weighted by molar-refractivity contribution is -0.135. The van der Waals surface area contributed by atoms with Crippen LogP contribution in [0, 0.1) is 22.7 Å². The van der Waals surface area contributed by atoms with Crippen LogP contribution in [0.25, 0.3) is 0 Å². The number of hydrogen-bond donors (Lipinski definition) is 1. The number of imidazole rings is 1. The minimum atomic E-state index is 0.183. The minimum absolute atomic E-state index is 0.183. The lowest BCUT2D eigenvalue weighted by Crippen LogP contribution is -2.50. The van der Waals surface area contributed by atoms with Gasteiger partial charge in [0.2, 0.25) is 5.91 Å². The highest BCUT2D eigenvalue weighted by Crippen LogP contribution is 2.52. The lowest BCUT2D eigenvalue weighted by atomic mass is 10.00. The number of H-pyrrole nitrogens is 1. The van der Waals surface area contributed by atoms with Crippen LogP contribution in [0.1, 0.15) is 43.1 Å². The maximum Gasteiger partial charge on any atom is 0.226 e. The van der Waals surface area contributed by atoms with Gasteiger partial charge in [0.05, 0.1) is 29.7 Å². The highest BCUT2D eigenvalue weighted by Gasteiger charge is 2.52. The molecule has 1 saturated heterocycles. The summed E-state index contributed by atoms with van der Waals surface area (Å²) in [7, 11) is 0. The Kier molecular flexibility index (Phi) is 4.94. The van der Waals surface area contributed by atoms with Crippen molar-refractivity contribution in [1.29, 1.82) is 5.26 Å². The largest absolute Gasteiger partial charge is 0.347 e. The summed E-state index contributed by atoms with van der Waals surface area (Å²) in [6.45, 7) is 7.64. The number of benzene rings is 1. The Bertz CT molecular complexity index is 857. The fraction of sp³-hybridized carbons (Fsp3) is 0.500. The molecule has 1 amide bonds. The van der Waals surface area contributed by atoms with Crippen molar-refractivity contribution in [2.75, 3.05) is 26.2 Å². The fourth-order valence-corrected chi connectivity index (χ4v) is 4.19. The summed E-state index contributed by atoms with van der Waals surface area (Å²) < 4.78 is 0. The number of nitriles is 1. The number of carbonyl (C=O) groups excluding carboxylic acids is 1. The quantitative estimate of drug-likeness (QED) is 0.869. The maximum absolute atomic E-state index is 12.7. The zero-order valence-electron chi connectivity index (χ0n) is 16.6. The molecular formula is C22H27N5O. The Morgan fingerprint density at radius 2 is 1.96 bits per heavy atom. The summed E-state index contributed by atoms with van der Waals surface area (Å²) in [6, 6.07) is 10.1. The Labute approximate surface area is 166 Å². The zero-order valence-corrected chi connectivity index (χ0v) is 16.6. The van der Waals surface area contributed by atoms with Gasteiger partial charge < -0.3 is 9.88 Å². The molecule has 28 heavy (non-hydrogen) atoms. The van der Waals surface area contributed by atoms with Gasteiger partial charge in [-0.25, -0.2) is 4.98 Å². The highest BCUT2D eigenvalue weighted by atomic mass is 16.2. The maximum atomic E-state index is 12.7. The molecule has 1 aliphatic carbocycles. The number of piperazine rings is 1. The molecular weight excluding hydrogens is 350 g/mol. The number of amides is 1. The van der Waals surface area contributed by atoms with Gasteiger partial charge in [0.1, 0.15) is 0 Å². The SMILES string of the molecule is CC1(C)CC1C(=O)N1CCN(C(Cc2ccc(C#N)cc2)c2cnc[nH]2)CC1. The van der Waals surface area contributed by atoms with Gasteiger partial charge in [0.15, 0.2) is 0 Å². The van der Waals surface area contributed by atoms with E-state index in [1.54, 1.807) is 6.33 Å². The molecule has 2 fully saturated rings. The van der Waals surface area contributed by atoms with E-state index in [0.717, 1.165) is 44.7 Å².